The van der Waals surface area contributed by atoms with E-state index < -0.39 is 61.0 Å². The van der Waals surface area contributed by atoms with Gasteiger partial charge in [-0.2, -0.15) is 0 Å². The average molecular weight is 1120 g/mol. The predicted molar refractivity (Wildman–Crippen MR) is 326 cm³/mol. The van der Waals surface area contributed by atoms with Crippen molar-refractivity contribution in [1.29, 1.82) is 0 Å². The van der Waals surface area contributed by atoms with Gasteiger partial charge in [0.25, 0.3) is 0 Å². The summed E-state index contributed by atoms with van der Waals surface area (Å²) >= 11 is 0. The zero-order valence-electron chi connectivity index (χ0n) is 47.5. The number of unbranched alkanes of at least 4 members (excludes halogenated alkanes) is 4. The Morgan fingerprint density at radius 2 is 1.04 bits per heavy atom. The Balaban J connectivity index is 0.769. The Labute approximate surface area is 488 Å². The van der Waals surface area contributed by atoms with Gasteiger partial charge in [0, 0.05) is 63.7 Å². The van der Waals surface area contributed by atoms with Crippen LogP contribution >= 0.6 is 0 Å². The molecule has 0 radical (unpaired) electrons. The van der Waals surface area contributed by atoms with Crippen LogP contribution in [0.25, 0.3) is 32.3 Å². The first-order chi connectivity index (χ1) is 40.7. The predicted octanol–water partition coefficient (Wildman–Crippen LogP) is 9.38. The molecule has 6 aromatic carbocycles. The molecule has 3 heterocycles. The van der Waals surface area contributed by atoms with E-state index in [9.17, 15) is 4.79 Å². The Hall–Kier alpha value is -6.57. The quantitative estimate of drug-likeness (QED) is 0.0276. The molecule has 9 N–H and O–H groups in total. The van der Waals surface area contributed by atoms with Crippen LogP contribution in [0, 0.1) is 0 Å². The molecule has 2 aliphatic rings. The van der Waals surface area contributed by atoms with Crippen LogP contribution in [0.5, 0.6) is 0 Å². The highest BCUT2D eigenvalue weighted by molar-refractivity contribution is 5.84. The summed E-state index contributed by atoms with van der Waals surface area (Å²) in [5, 5.41) is 9.94. The zero-order valence-corrected chi connectivity index (χ0v) is 47.5. The average Bonchev–Trinajstić information content (AvgIpc) is 3.71. The Morgan fingerprint density at radius 1 is 0.530 bits per heavy atom. The molecule has 2 aromatic heterocycles. The van der Waals surface area contributed by atoms with Crippen LogP contribution in [0.4, 0.5) is 0 Å². The lowest BCUT2D eigenvalue weighted by atomic mass is 9.84. The first-order valence-electron chi connectivity index (χ1n) is 29.7. The van der Waals surface area contributed by atoms with Crippen molar-refractivity contribution < 1.29 is 33.2 Å². The molecule has 1 aliphatic carbocycles. The van der Waals surface area contributed by atoms with Crippen molar-refractivity contribution in [3.8, 4) is 0 Å². The molecule has 15 nitrogen and oxygen atoms in total. The van der Waals surface area contributed by atoms with E-state index in [1.165, 1.54) is 0 Å². The van der Waals surface area contributed by atoms with Gasteiger partial charge in [-0.1, -0.05) is 134 Å². The van der Waals surface area contributed by atoms with Crippen LogP contribution < -0.4 is 28.3 Å². The number of nitrogens with one attached hydrogen (secondary N) is 1. The molecule has 436 valence electrons. The van der Waals surface area contributed by atoms with Crippen LogP contribution in [0.1, 0.15) is 79.4 Å². The number of ether oxygens (including phenoxy) is 6. The maximum atomic E-state index is 12.9. The van der Waals surface area contributed by atoms with E-state index in [0.29, 0.717) is 32.6 Å². The second-order valence-corrected chi connectivity index (χ2v) is 22.3. The highest BCUT2D eigenvalue weighted by Gasteiger charge is 2.51. The molecule has 83 heavy (non-hydrogen) atoms. The molecule has 10 rings (SSSR count). The molecule has 2 fully saturated rings. The lowest BCUT2D eigenvalue weighted by Gasteiger charge is -2.49. The summed E-state index contributed by atoms with van der Waals surface area (Å²) in [6.45, 7) is 4.30. The van der Waals surface area contributed by atoms with E-state index in [-0.39, 0.29) is 25.7 Å². The first kappa shape index (κ1) is 59.6. The van der Waals surface area contributed by atoms with Gasteiger partial charge in [0.15, 0.2) is 6.29 Å². The number of fused-ring (bicyclic) bond motifs is 3. The summed E-state index contributed by atoms with van der Waals surface area (Å²) in [7, 11) is 0. The minimum Gasteiger partial charge on any atom is -0.373 e. The summed E-state index contributed by atoms with van der Waals surface area (Å²) in [5.74, 6) is 0.0754. The second-order valence-electron chi connectivity index (χ2n) is 22.3. The number of rotatable bonds is 29. The highest BCUT2D eigenvalue weighted by Crippen LogP contribution is 2.34. The largest absolute Gasteiger partial charge is 0.373 e. The van der Waals surface area contributed by atoms with Crippen molar-refractivity contribution in [2.45, 2.75) is 145 Å². The Kier molecular flexibility index (Phi) is 21.8. The third kappa shape index (κ3) is 16.6. The van der Waals surface area contributed by atoms with Gasteiger partial charge in [0.1, 0.15) is 36.6 Å². The molecule has 0 bridgehead atoms. The number of hydrogen-bond donors (Lipinski definition) is 5. The summed E-state index contributed by atoms with van der Waals surface area (Å²) in [6.07, 6.45) is 4.73. The molecule has 15 heteroatoms. The summed E-state index contributed by atoms with van der Waals surface area (Å²) in [5.41, 5.74) is 33.0. The van der Waals surface area contributed by atoms with Gasteiger partial charge < -0.3 is 56.7 Å². The van der Waals surface area contributed by atoms with Gasteiger partial charge in [-0.05, 0) is 130 Å². The highest BCUT2D eigenvalue weighted by atomic mass is 16.7. The minimum atomic E-state index is -0.998. The molecule has 0 spiro atoms. The number of benzene rings is 6. The number of amides is 1. The van der Waals surface area contributed by atoms with Crippen LogP contribution in [-0.2, 0) is 66.1 Å². The number of pyridine rings is 2. The smallest absolute Gasteiger partial charge is 0.219 e. The summed E-state index contributed by atoms with van der Waals surface area (Å²) in [6, 6.07) is 53.9. The minimum absolute atomic E-state index is 0.0754. The molecule has 8 aromatic rings. The first-order valence-corrected chi connectivity index (χ1v) is 29.7. The van der Waals surface area contributed by atoms with E-state index in [4.69, 9.17) is 51.4 Å². The topological polar surface area (TPSA) is 218 Å². The number of carbonyl (C=O) groups is 1. The van der Waals surface area contributed by atoms with Crippen LogP contribution in [0.15, 0.2) is 176 Å². The summed E-state index contributed by atoms with van der Waals surface area (Å²) in [4.78, 5) is 24.3. The molecule has 1 saturated heterocycles. The fourth-order valence-corrected chi connectivity index (χ4v) is 11.6. The normalized spacial score (nSPS) is 22.8. The lowest BCUT2D eigenvalue weighted by Crippen LogP contribution is -2.68. The van der Waals surface area contributed by atoms with Crippen molar-refractivity contribution in [2.24, 2.45) is 22.9 Å². The molecule has 0 unspecified atom stereocenters. The Morgan fingerprint density at radius 3 is 1.58 bits per heavy atom. The van der Waals surface area contributed by atoms with Gasteiger partial charge in [-0.25, -0.2) is 0 Å². The van der Waals surface area contributed by atoms with Gasteiger partial charge in [0.2, 0.25) is 5.91 Å². The van der Waals surface area contributed by atoms with Crippen molar-refractivity contribution >= 4 is 38.2 Å². The zero-order chi connectivity index (χ0) is 57.2. The van der Waals surface area contributed by atoms with Crippen molar-refractivity contribution in [2.75, 3.05) is 26.2 Å². The third-order valence-corrected chi connectivity index (χ3v) is 16.1. The molecular formula is C68H82N8O7. The molecule has 1 aliphatic heterocycles. The molecular weight excluding hydrogens is 1040 g/mol. The molecule has 10 atom stereocenters. The van der Waals surface area contributed by atoms with E-state index in [1.807, 2.05) is 85.2 Å². The van der Waals surface area contributed by atoms with E-state index in [0.717, 1.165) is 119 Å². The van der Waals surface area contributed by atoms with E-state index in [2.05, 4.69) is 111 Å². The lowest BCUT2D eigenvalue weighted by molar-refractivity contribution is -0.304. The molecule has 1 amide bonds. The van der Waals surface area contributed by atoms with Gasteiger partial charge in [0.05, 0.1) is 37.3 Å². The van der Waals surface area contributed by atoms with Crippen LogP contribution in [0.2, 0.25) is 0 Å². The fourth-order valence-electron chi connectivity index (χ4n) is 11.6. The van der Waals surface area contributed by atoms with Crippen molar-refractivity contribution in [1.82, 2.24) is 20.2 Å². The van der Waals surface area contributed by atoms with E-state index >= 15 is 0 Å². The monoisotopic (exact) mass is 1120 g/mol. The van der Waals surface area contributed by atoms with Crippen molar-refractivity contribution in [3.63, 3.8) is 0 Å². The van der Waals surface area contributed by atoms with Crippen LogP contribution in [-0.4, -0.2) is 108 Å². The standard InChI is InChI=1S/C68H82N8O7/c69-41-60-65(80-45-48-27-30-51-18-4-7-21-54(51)38-48)66(81-46-49-28-31-52-19-5-8-22-55(52)39-49)62(72)68(82-60)83-64-59(71)40-58(70)63(79-44-47-26-29-50-17-3-6-20-53(50)37-47)67(64)78-36-16-2-1-12-34-75-61(77)25-11-15-35-76(42-56-23-9-13-32-73-56)43-57-24-10-14-33-74-57/h3-10,13-14,17-24,26-33,37-39,58-60,62-68H,1-2,11-12,15-16,25,34-36,40-46,69-72H2,(H,75,77)/t58-,59+,60-,62-,63+,64-,65-,66-,67-,68-/m1/s1. The fraction of sp³-hybridized carbons (Fsp3) is 0.397. The van der Waals surface area contributed by atoms with Crippen LogP contribution in [0.3, 0.4) is 0 Å². The number of carbonyl (C=O) groups excluding carboxylic acids is 1. The van der Waals surface area contributed by atoms with Gasteiger partial charge in [-0.15, -0.1) is 0 Å². The Bertz CT molecular complexity index is 3230. The van der Waals surface area contributed by atoms with E-state index in [1.54, 1.807) is 0 Å². The maximum Gasteiger partial charge on any atom is 0.219 e. The maximum absolute atomic E-state index is 12.9. The van der Waals surface area contributed by atoms with Gasteiger partial charge in [-0.3, -0.25) is 19.7 Å². The van der Waals surface area contributed by atoms with Crippen molar-refractivity contribution in [3.05, 3.63) is 204 Å². The SMILES string of the molecule is NC[C@H]1O[C@H](O[C@H]2[C@H](OCCCCCCNC(=O)CCCCN(Cc3ccccn3)Cc3ccccn3)[C@@H](OCc3ccc4ccccc4c3)[C@H](N)C[C@@H]2N)[C@H](N)[C@@H](OCc2ccc3ccccc3c2)[C@@H]1OCc1ccc2ccccc2c1. The van der Waals surface area contributed by atoms with Gasteiger partial charge >= 0.3 is 0 Å². The molecule has 1 saturated carbocycles. The summed E-state index contributed by atoms with van der Waals surface area (Å²) < 4.78 is 41.1. The number of aromatic nitrogens is 2. The number of hydrogen-bond acceptors (Lipinski definition) is 14. The number of nitrogens with zero attached hydrogens (tertiary/aromatic N) is 3. The second kappa shape index (κ2) is 30.3. The number of nitrogens with two attached hydrogens (primary N) is 4. The third-order valence-electron chi connectivity index (χ3n) is 16.1.